The number of sulfonamides is 1. The number of thioether (sulfide) groups is 1. The Labute approximate surface area is 197 Å². The van der Waals surface area contributed by atoms with E-state index in [9.17, 15) is 8.42 Å². The summed E-state index contributed by atoms with van der Waals surface area (Å²) in [6, 6.07) is 22.0. The fourth-order valence-corrected chi connectivity index (χ4v) is 5.36. The molecule has 0 amide bonds. The summed E-state index contributed by atoms with van der Waals surface area (Å²) < 4.78 is 34.2. The van der Waals surface area contributed by atoms with Gasteiger partial charge in [0.2, 0.25) is 15.8 Å². The molecule has 4 aromatic rings. The van der Waals surface area contributed by atoms with Crippen molar-refractivity contribution in [1.82, 2.24) is 24.9 Å². The van der Waals surface area contributed by atoms with Crippen molar-refractivity contribution in [1.29, 1.82) is 0 Å². The van der Waals surface area contributed by atoms with Gasteiger partial charge in [0.05, 0.1) is 7.11 Å². The molecule has 0 aliphatic carbocycles. The molecule has 3 aromatic carbocycles. The minimum Gasteiger partial charge on any atom is -0.495 e. The number of hydrogen-bond acceptors (Lipinski definition) is 7. The Kier molecular flexibility index (Phi) is 7.07. The number of methoxy groups -OCH3 is 1. The molecule has 0 unspecified atom stereocenters. The van der Waals surface area contributed by atoms with E-state index in [0.29, 0.717) is 11.6 Å². The van der Waals surface area contributed by atoms with Crippen molar-refractivity contribution < 1.29 is 13.2 Å². The van der Waals surface area contributed by atoms with Crippen molar-refractivity contribution in [3.63, 3.8) is 0 Å². The zero-order valence-corrected chi connectivity index (χ0v) is 19.8. The molecule has 0 radical (unpaired) electrons. The number of aromatic nitrogens is 4. The number of tetrazole rings is 1. The highest BCUT2D eigenvalue weighted by molar-refractivity contribution is 7.98. The van der Waals surface area contributed by atoms with E-state index in [-0.39, 0.29) is 18.0 Å². The third-order valence-corrected chi connectivity index (χ3v) is 7.70. The Morgan fingerprint density at radius 2 is 1.58 bits per heavy atom. The second-order valence-corrected chi connectivity index (χ2v) is 9.99. The zero-order chi connectivity index (χ0) is 23.3. The topological polar surface area (TPSA) is 101 Å². The van der Waals surface area contributed by atoms with Gasteiger partial charge in [-0.3, -0.25) is 0 Å². The molecule has 1 heterocycles. The highest BCUT2D eigenvalue weighted by Gasteiger charge is 2.28. The van der Waals surface area contributed by atoms with Gasteiger partial charge in [-0.2, -0.15) is 9.52 Å². The Hall–Kier alpha value is -3.21. The number of benzene rings is 3. The fraction of sp³-hybridized carbons (Fsp3) is 0.174. The van der Waals surface area contributed by atoms with E-state index < -0.39 is 10.0 Å². The predicted molar refractivity (Wildman–Crippen MR) is 127 cm³/mol. The Morgan fingerprint density at radius 3 is 2.15 bits per heavy atom. The van der Waals surface area contributed by atoms with Crippen molar-refractivity contribution in [3.05, 3.63) is 83.9 Å². The standard InChI is InChI=1S/C23H23N5O3S2/c1-31-21-5-3-4-6-22(21)33(29,30)28(16-18-9-13-20(32-2)14-10-18)15-17-7-11-19(12-8-17)23-24-26-27-25-23/h3-14H,15-16H2,1-2H3,(H,24,25,26,27). The van der Waals surface area contributed by atoms with Gasteiger partial charge in [-0.25, -0.2) is 8.42 Å². The number of nitrogens with one attached hydrogen (secondary N) is 1. The number of ether oxygens (including phenoxy) is 1. The molecule has 0 atom stereocenters. The number of para-hydroxylation sites is 1. The molecule has 10 heteroatoms. The minimum atomic E-state index is -3.85. The van der Waals surface area contributed by atoms with Gasteiger partial charge in [0, 0.05) is 23.5 Å². The number of H-pyrrole nitrogens is 1. The lowest BCUT2D eigenvalue weighted by Crippen LogP contribution is -2.30. The van der Waals surface area contributed by atoms with Crippen LogP contribution in [0.15, 0.2) is 82.6 Å². The summed E-state index contributed by atoms with van der Waals surface area (Å²) in [5.41, 5.74) is 2.52. The molecule has 170 valence electrons. The molecular weight excluding hydrogens is 458 g/mol. The lowest BCUT2D eigenvalue weighted by molar-refractivity contribution is 0.383. The Morgan fingerprint density at radius 1 is 0.939 bits per heavy atom. The second-order valence-electron chi connectivity index (χ2n) is 7.20. The molecular formula is C23H23N5O3S2. The van der Waals surface area contributed by atoms with Crippen LogP contribution in [0.25, 0.3) is 11.4 Å². The van der Waals surface area contributed by atoms with E-state index in [4.69, 9.17) is 4.74 Å². The fourth-order valence-electron chi connectivity index (χ4n) is 3.38. The van der Waals surface area contributed by atoms with Crippen LogP contribution in [0.2, 0.25) is 0 Å². The van der Waals surface area contributed by atoms with Crippen LogP contribution in [0.3, 0.4) is 0 Å². The van der Waals surface area contributed by atoms with Gasteiger partial charge in [0.1, 0.15) is 10.6 Å². The van der Waals surface area contributed by atoms with E-state index in [2.05, 4.69) is 20.6 Å². The molecule has 0 fully saturated rings. The van der Waals surface area contributed by atoms with Crippen LogP contribution >= 0.6 is 11.8 Å². The number of aromatic amines is 1. The van der Waals surface area contributed by atoms with Crippen LogP contribution in [0.5, 0.6) is 5.75 Å². The number of rotatable bonds is 9. The van der Waals surface area contributed by atoms with Gasteiger partial charge in [0.25, 0.3) is 0 Å². The summed E-state index contributed by atoms with van der Waals surface area (Å²) in [6.45, 7) is 0.415. The van der Waals surface area contributed by atoms with E-state index in [0.717, 1.165) is 21.6 Å². The van der Waals surface area contributed by atoms with E-state index in [1.54, 1.807) is 36.0 Å². The molecule has 0 saturated carbocycles. The maximum absolute atomic E-state index is 13.7. The van der Waals surface area contributed by atoms with Gasteiger partial charge in [-0.15, -0.1) is 22.0 Å². The van der Waals surface area contributed by atoms with Gasteiger partial charge >= 0.3 is 0 Å². The molecule has 0 saturated heterocycles. The first kappa shape index (κ1) is 23.0. The molecule has 0 bridgehead atoms. The van der Waals surface area contributed by atoms with Gasteiger partial charge in [-0.05, 0) is 46.9 Å². The average Bonchev–Trinajstić information content (AvgIpc) is 3.39. The average molecular weight is 482 g/mol. The molecule has 4 rings (SSSR count). The van der Waals surface area contributed by atoms with Crippen molar-refractivity contribution >= 4 is 21.8 Å². The van der Waals surface area contributed by atoms with Crippen LogP contribution in [0.1, 0.15) is 11.1 Å². The highest BCUT2D eigenvalue weighted by atomic mass is 32.2. The predicted octanol–water partition coefficient (Wildman–Crippen LogP) is 3.99. The minimum absolute atomic E-state index is 0.136. The monoisotopic (exact) mass is 481 g/mol. The summed E-state index contributed by atoms with van der Waals surface area (Å²) in [5, 5.41) is 14.0. The van der Waals surface area contributed by atoms with Crippen molar-refractivity contribution in [2.45, 2.75) is 22.9 Å². The number of nitrogens with zero attached hydrogens (tertiary/aromatic N) is 4. The van der Waals surface area contributed by atoms with Crippen LogP contribution in [0.4, 0.5) is 0 Å². The molecule has 0 aliphatic rings. The smallest absolute Gasteiger partial charge is 0.247 e. The second kappa shape index (κ2) is 10.2. The highest BCUT2D eigenvalue weighted by Crippen LogP contribution is 2.29. The van der Waals surface area contributed by atoms with Crippen LogP contribution in [-0.4, -0.2) is 46.7 Å². The van der Waals surface area contributed by atoms with Crippen LogP contribution < -0.4 is 4.74 Å². The summed E-state index contributed by atoms with van der Waals surface area (Å²) in [7, 11) is -2.38. The first-order valence-corrected chi connectivity index (χ1v) is 12.8. The third-order valence-electron chi connectivity index (χ3n) is 5.12. The van der Waals surface area contributed by atoms with E-state index in [1.165, 1.54) is 11.4 Å². The molecule has 1 aromatic heterocycles. The van der Waals surface area contributed by atoms with E-state index in [1.807, 2.05) is 54.8 Å². The first-order valence-electron chi connectivity index (χ1n) is 10.1. The quantitative estimate of drug-likeness (QED) is 0.361. The lowest BCUT2D eigenvalue weighted by atomic mass is 10.1. The van der Waals surface area contributed by atoms with E-state index >= 15 is 0 Å². The van der Waals surface area contributed by atoms with Crippen molar-refractivity contribution in [3.8, 4) is 17.1 Å². The zero-order valence-electron chi connectivity index (χ0n) is 18.2. The largest absolute Gasteiger partial charge is 0.495 e. The Balaban J connectivity index is 1.67. The summed E-state index contributed by atoms with van der Waals surface area (Å²) >= 11 is 1.64. The molecule has 8 nitrogen and oxygen atoms in total. The maximum Gasteiger partial charge on any atom is 0.247 e. The summed E-state index contributed by atoms with van der Waals surface area (Å²) in [4.78, 5) is 1.26. The van der Waals surface area contributed by atoms with Crippen molar-refractivity contribution in [2.75, 3.05) is 13.4 Å². The van der Waals surface area contributed by atoms with Crippen LogP contribution in [0, 0.1) is 0 Å². The van der Waals surface area contributed by atoms with Crippen LogP contribution in [-0.2, 0) is 23.1 Å². The van der Waals surface area contributed by atoms with Gasteiger partial charge in [-0.1, -0.05) is 48.5 Å². The molecule has 0 spiro atoms. The lowest BCUT2D eigenvalue weighted by Gasteiger charge is -2.24. The normalized spacial score (nSPS) is 11.6. The van der Waals surface area contributed by atoms with Crippen molar-refractivity contribution in [2.24, 2.45) is 0 Å². The molecule has 33 heavy (non-hydrogen) atoms. The molecule has 0 aliphatic heterocycles. The third kappa shape index (κ3) is 5.24. The maximum atomic E-state index is 13.7. The number of hydrogen-bond donors (Lipinski definition) is 1. The summed E-state index contributed by atoms with van der Waals surface area (Å²) in [6.07, 6.45) is 2.01. The first-order chi connectivity index (χ1) is 16.0. The van der Waals surface area contributed by atoms with Gasteiger partial charge < -0.3 is 4.74 Å². The van der Waals surface area contributed by atoms with Gasteiger partial charge in [0.15, 0.2) is 0 Å². The Bertz CT molecular complexity index is 1290. The molecule has 1 N–H and O–H groups in total. The SMILES string of the molecule is COc1ccccc1S(=O)(=O)N(Cc1ccc(SC)cc1)Cc1ccc(-c2nn[nH]n2)cc1. The summed E-state index contributed by atoms with van der Waals surface area (Å²) in [5.74, 6) is 0.793.